The molecule has 0 aromatic rings. The summed E-state index contributed by atoms with van der Waals surface area (Å²) in [7, 11) is 0. The van der Waals surface area contributed by atoms with E-state index in [1.807, 2.05) is 0 Å². The van der Waals surface area contributed by atoms with Crippen LogP contribution in [-0.4, -0.2) is 58.9 Å². The van der Waals surface area contributed by atoms with E-state index < -0.39 is 37.0 Å². The minimum Gasteiger partial charge on any atom is -0.387 e. The van der Waals surface area contributed by atoms with Crippen LogP contribution in [0.3, 0.4) is 0 Å². The fourth-order valence-electron chi connectivity index (χ4n) is 1.71. The van der Waals surface area contributed by atoms with Crippen LogP contribution in [0.2, 0.25) is 0 Å². The smallest absolute Gasteiger partial charge is 0.184 e. The molecule has 0 aromatic carbocycles. The van der Waals surface area contributed by atoms with Gasteiger partial charge in [0.25, 0.3) is 0 Å². The van der Waals surface area contributed by atoms with Gasteiger partial charge in [0.1, 0.15) is 24.4 Å². The summed E-state index contributed by atoms with van der Waals surface area (Å²) in [5.41, 5.74) is 0. The van der Waals surface area contributed by atoms with Crippen LogP contribution < -0.4 is 0 Å². The van der Waals surface area contributed by atoms with Gasteiger partial charge in [0.15, 0.2) is 12.6 Å². The Labute approximate surface area is 81.0 Å². The van der Waals surface area contributed by atoms with Crippen LogP contribution in [0.25, 0.3) is 0 Å². The fraction of sp³-hybridized carbons (Fsp3) is 1.00. The van der Waals surface area contributed by atoms with E-state index in [9.17, 15) is 15.3 Å². The maximum Gasteiger partial charge on any atom is 0.184 e. The minimum atomic E-state index is -1.38. The van der Waals surface area contributed by atoms with E-state index >= 15 is 0 Å². The summed E-state index contributed by atoms with van der Waals surface area (Å²) in [6.45, 7) is 1.94. The molecule has 6 nitrogen and oxygen atoms in total. The van der Waals surface area contributed by atoms with Crippen LogP contribution >= 0.6 is 0 Å². The monoisotopic (exact) mass is 206 g/mol. The van der Waals surface area contributed by atoms with E-state index in [0.29, 0.717) is 0 Å². The van der Waals surface area contributed by atoms with Crippen LogP contribution in [0.15, 0.2) is 0 Å². The molecular weight excluding hydrogens is 192 g/mol. The third-order valence-electron chi connectivity index (χ3n) is 2.50. The summed E-state index contributed by atoms with van der Waals surface area (Å²) in [4.78, 5) is 0. The Morgan fingerprint density at radius 3 is 2.50 bits per heavy atom. The van der Waals surface area contributed by atoms with Crippen molar-refractivity contribution in [3.63, 3.8) is 0 Å². The van der Waals surface area contributed by atoms with Crippen LogP contribution in [-0.2, 0) is 14.2 Å². The lowest BCUT2D eigenvalue weighted by Crippen LogP contribution is -2.62. The Balaban J connectivity index is 2.08. The molecule has 2 fully saturated rings. The number of rotatable bonds is 0. The molecule has 0 aromatic heterocycles. The molecule has 2 aliphatic heterocycles. The quantitative estimate of drug-likeness (QED) is 0.433. The number of aliphatic hydroxyl groups is 3. The molecule has 0 amide bonds. The molecule has 2 heterocycles. The highest BCUT2D eigenvalue weighted by Crippen LogP contribution is 2.27. The third kappa shape index (κ3) is 1.65. The predicted molar refractivity (Wildman–Crippen MR) is 43.2 cm³/mol. The van der Waals surface area contributed by atoms with Gasteiger partial charge < -0.3 is 29.5 Å². The number of fused-ring (bicyclic) bond motifs is 1. The lowest BCUT2D eigenvalue weighted by Gasteiger charge is -2.44. The average molecular weight is 206 g/mol. The number of hydrogen-bond donors (Lipinski definition) is 3. The first-order valence-corrected chi connectivity index (χ1v) is 4.56. The molecule has 0 spiro atoms. The third-order valence-corrected chi connectivity index (χ3v) is 2.50. The Kier molecular flexibility index (Phi) is 2.74. The molecule has 14 heavy (non-hydrogen) atoms. The van der Waals surface area contributed by atoms with E-state index in [1.165, 1.54) is 0 Å². The molecule has 0 saturated carbocycles. The number of aliphatic hydroxyl groups excluding tert-OH is 3. The van der Waals surface area contributed by atoms with Gasteiger partial charge in [0, 0.05) is 0 Å². The van der Waals surface area contributed by atoms with Gasteiger partial charge in [-0.3, -0.25) is 0 Å². The second kappa shape index (κ2) is 3.73. The summed E-state index contributed by atoms with van der Waals surface area (Å²) >= 11 is 0. The maximum atomic E-state index is 9.59. The molecule has 0 unspecified atom stereocenters. The first kappa shape index (κ1) is 10.3. The van der Waals surface area contributed by atoms with Crippen molar-refractivity contribution < 1.29 is 29.5 Å². The standard InChI is InChI=1S/C8H14O6/c1-3-12-2-4-7(13-3)5(9)6(10)8(11)14-4/h3-11H,2H2,1H3/t3-,4+,5-,6+,7-,8-/m1/s1. The van der Waals surface area contributed by atoms with E-state index in [2.05, 4.69) is 0 Å². The van der Waals surface area contributed by atoms with Crippen molar-refractivity contribution in [3.8, 4) is 0 Å². The van der Waals surface area contributed by atoms with Gasteiger partial charge in [0.2, 0.25) is 0 Å². The molecule has 0 radical (unpaired) electrons. The van der Waals surface area contributed by atoms with E-state index in [1.54, 1.807) is 6.92 Å². The van der Waals surface area contributed by atoms with Gasteiger partial charge in [-0.15, -0.1) is 0 Å². The van der Waals surface area contributed by atoms with Gasteiger partial charge in [-0.1, -0.05) is 0 Å². The second-order valence-electron chi connectivity index (χ2n) is 3.55. The fourth-order valence-corrected chi connectivity index (χ4v) is 1.71. The lowest BCUT2D eigenvalue weighted by atomic mass is 9.98. The van der Waals surface area contributed by atoms with E-state index in [0.717, 1.165) is 0 Å². The van der Waals surface area contributed by atoms with Crippen LogP contribution in [0.4, 0.5) is 0 Å². The molecule has 82 valence electrons. The van der Waals surface area contributed by atoms with Crippen molar-refractivity contribution >= 4 is 0 Å². The zero-order valence-corrected chi connectivity index (χ0v) is 7.74. The van der Waals surface area contributed by atoms with Crippen LogP contribution in [0.1, 0.15) is 6.92 Å². The molecule has 3 N–H and O–H groups in total. The molecular formula is C8H14O6. The Hall–Kier alpha value is -0.240. The Morgan fingerprint density at radius 2 is 1.79 bits per heavy atom. The van der Waals surface area contributed by atoms with E-state index in [-0.39, 0.29) is 6.61 Å². The summed E-state index contributed by atoms with van der Waals surface area (Å²) in [6, 6.07) is 0. The summed E-state index contributed by atoms with van der Waals surface area (Å²) in [5, 5.41) is 28.1. The van der Waals surface area contributed by atoms with Gasteiger partial charge >= 0.3 is 0 Å². The first-order valence-electron chi connectivity index (χ1n) is 4.56. The Bertz CT molecular complexity index is 208. The van der Waals surface area contributed by atoms with Crippen molar-refractivity contribution in [2.45, 2.75) is 43.9 Å². The largest absolute Gasteiger partial charge is 0.387 e. The van der Waals surface area contributed by atoms with Crippen LogP contribution in [0, 0.1) is 0 Å². The molecule has 6 heteroatoms. The van der Waals surface area contributed by atoms with Crippen molar-refractivity contribution in [1.29, 1.82) is 0 Å². The topological polar surface area (TPSA) is 88.4 Å². The highest BCUT2D eigenvalue weighted by molar-refractivity contribution is 4.91. The Morgan fingerprint density at radius 1 is 1.07 bits per heavy atom. The number of ether oxygens (including phenoxy) is 3. The highest BCUT2D eigenvalue weighted by atomic mass is 16.7. The molecule has 0 bridgehead atoms. The van der Waals surface area contributed by atoms with Crippen molar-refractivity contribution in [2.75, 3.05) is 6.61 Å². The summed E-state index contributed by atoms with van der Waals surface area (Å²) in [5.74, 6) is 0. The normalized spacial score (nSPS) is 54.0. The lowest BCUT2D eigenvalue weighted by molar-refractivity contribution is -0.348. The maximum absolute atomic E-state index is 9.59. The second-order valence-corrected chi connectivity index (χ2v) is 3.55. The van der Waals surface area contributed by atoms with E-state index in [4.69, 9.17) is 14.2 Å². The van der Waals surface area contributed by atoms with Crippen molar-refractivity contribution in [3.05, 3.63) is 0 Å². The first-order chi connectivity index (χ1) is 6.59. The van der Waals surface area contributed by atoms with Gasteiger partial charge in [-0.2, -0.15) is 0 Å². The van der Waals surface area contributed by atoms with Crippen LogP contribution in [0.5, 0.6) is 0 Å². The van der Waals surface area contributed by atoms with Gasteiger partial charge in [-0.25, -0.2) is 0 Å². The average Bonchev–Trinajstić information content (AvgIpc) is 2.16. The molecule has 0 aliphatic carbocycles. The molecule has 6 atom stereocenters. The number of hydrogen-bond acceptors (Lipinski definition) is 6. The van der Waals surface area contributed by atoms with Gasteiger partial charge in [0.05, 0.1) is 6.61 Å². The zero-order valence-electron chi connectivity index (χ0n) is 7.74. The van der Waals surface area contributed by atoms with Crippen molar-refractivity contribution in [1.82, 2.24) is 0 Å². The molecule has 2 saturated heterocycles. The predicted octanol–water partition coefficient (Wildman–Crippen LogP) is -1.81. The summed E-state index contributed by atoms with van der Waals surface area (Å²) in [6.07, 6.45) is -5.46. The van der Waals surface area contributed by atoms with Crippen molar-refractivity contribution in [2.24, 2.45) is 0 Å². The van der Waals surface area contributed by atoms with Gasteiger partial charge in [-0.05, 0) is 6.92 Å². The minimum absolute atomic E-state index is 0.243. The summed E-state index contributed by atoms with van der Waals surface area (Å²) < 4.78 is 15.4. The zero-order chi connectivity index (χ0) is 10.3. The highest BCUT2D eigenvalue weighted by Gasteiger charge is 2.47. The molecule has 2 rings (SSSR count). The molecule has 2 aliphatic rings. The SMILES string of the molecule is C[C@@H]1OC[C@@H]2O[C@@H](O)[C@@H](O)[C@@H](O)[C@@H]2O1.